The van der Waals surface area contributed by atoms with E-state index < -0.39 is 0 Å². The number of hydrogen-bond acceptors (Lipinski definition) is 4. The quantitative estimate of drug-likeness (QED) is 0.864. The van der Waals surface area contributed by atoms with Gasteiger partial charge in [0.25, 0.3) is 0 Å². The molecule has 1 unspecified atom stereocenters. The predicted molar refractivity (Wildman–Crippen MR) is 73.0 cm³/mol. The fourth-order valence-electron chi connectivity index (χ4n) is 2.01. The molecule has 1 atom stereocenters. The van der Waals surface area contributed by atoms with Crippen molar-refractivity contribution in [3.05, 3.63) is 53.7 Å². The number of nitrogen functional groups attached to an aromatic ring is 1. The molecule has 2 aromatic rings. The Hall–Kier alpha value is -2.01. The lowest BCUT2D eigenvalue weighted by Gasteiger charge is -2.18. The van der Waals surface area contributed by atoms with E-state index in [9.17, 15) is 4.39 Å². The summed E-state index contributed by atoms with van der Waals surface area (Å²) in [6.45, 7) is 2.70. The van der Waals surface area contributed by atoms with Crippen LogP contribution in [0.25, 0.3) is 0 Å². The van der Waals surface area contributed by atoms with Crippen molar-refractivity contribution in [1.29, 1.82) is 0 Å². The van der Waals surface area contributed by atoms with Gasteiger partial charge in [-0.1, -0.05) is 13.0 Å². The van der Waals surface area contributed by atoms with Crippen molar-refractivity contribution in [3.63, 3.8) is 0 Å². The number of nitrogens with one attached hydrogen (secondary N) is 1. The molecule has 0 aliphatic heterocycles. The van der Waals surface area contributed by atoms with E-state index in [2.05, 4.69) is 15.3 Å². The van der Waals surface area contributed by atoms with Crippen LogP contribution in [0.5, 0.6) is 0 Å². The maximum atomic E-state index is 13.8. The van der Waals surface area contributed by atoms with Crippen molar-refractivity contribution >= 4 is 5.82 Å². The Morgan fingerprint density at radius 2 is 2.00 bits per heavy atom. The highest BCUT2D eigenvalue weighted by Crippen LogP contribution is 2.21. The van der Waals surface area contributed by atoms with Crippen LogP contribution in [0, 0.1) is 5.82 Å². The number of aromatic nitrogens is 2. The zero-order valence-electron chi connectivity index (χ0n) is 10.8. The highest BCUT2D eigenvalue weighted by atomic mass is 19.1. The molecule has 0 spiro atoms. The Morgan fingerprint density at radius 1 is 1.26 bits per heavy atom. The lowest BCUT2D eigenvalue weighted by Crippen LogP contribution is -2.25. The summed E-state index contributed by atoms with van der Waals surface area (Å²) in [5.41, 5.74) is 7.13. The first-order valence-corrected chi connectivity index (χ1v) is 6.25. The Morgan fingerprint density at radius 3 is 2.68 bits per heavy atom. The van der Waals surface area contributed by atoms with Gasteiger partial charge in [0.15, 0.2) is 0 Å². The van der Waals surface area contributed by atoms with Crippen LogP contribution in [0.3, 0.4) is 0 Å². The summed E-state index contributed by atoms with van der Waals surface area (Å²) in [5.74, 6) is 0.164. The number of nitrogens with zero attached hydrogens (tertiary/aromatic N) is 2. The minimum atomic E-state index is -0.309. The van der Waals surface area contributed by atoms with Gasteiger partial charge in [-0.25, -0.2) is 9.37 Å². The van der Waals surface area contributed by atoms with E-state index in [0.717, 1.165) is 12.1 Å². The number of hydrogen-bond donors (Lipinski definition) is 2. The molecule has 2 aromatic heterocycles. The monoisotopic (exact) mass is 260 g/mol. The molecular weight excluding hydrogens is 243 g/mol. The molecule has 0 amide bonds. The van der Waals surface area contributed by atoms with Crippen LogP contribution in [0.15, 0.2) is 36.7 Å². The second-order valence-corrected chi connectivity index (χ2v) is 4.23. The van der Waals surface area contributed by atoms with Crippen molar-refractivity contribution < 1.29 is 4.39 Å². The number of likely N-dealkylation sites (N-methyl/N-ethyl adjacent to an activating group) is 1. The first-order chi connectivity index (χ1) is 9.22. The largest absolute Gasteiger partial charge is 0.383 e. The number of nitrogens with two attached hydrogens (primary N) is 1. The smallest absolute Gasteiger partial charge is 0.146 e. The average molecular weight is 260 g/mol. The van der Waals surface area contributed by atoms with Gasteiger partial charge in [0.1, 0.15) is 11.6 Å². The van der Waals surface area contributed by atoms with Crippen LogP contribution in [0.4, 0.5) is 10.2 Å². The first-order valence-electron chi connectivity index (χ1n) is 6.25. The first kappa shape index (κ1) is 13.4. The van der Waals surface area contributed by atoms with E-state index in [1.807, 2.05) is 19.1 Å². The van der Waals surface area contributed by atoms with Gasteiger partial charge in [0, 0.05) is 12.4 Å². The molecule has 0 aromatic carbocycles. The molecule has 19 heavy (non-hydrogen) atoms. The van der Waals surface area contributed by atoms with Gasteiger partial charge in [-0.3, -0.25) is 4.98 Å². The standard InChI is InChI=1S/C14H17FN4/c1-2-17-12(13-11(15)6-4-7-18-13)9-10-5-3-8-19-14(10)16/h3-8,12,17H,2,9H2,1H3,(H2,16,19). The third kappa shape index (κ3) is 3.26. The molecule has 0 aliphatic carbocycles. The van der Waals surface area contributed by atoms with Crippen LogP contribution in [-0.2, 0) is 6.42 Å². The Labute approximate surface area is 111 Å². The molecule has 3 N–H and O–H groups in total. The normalized spacial score (nSPS) is 12.3. The minimum Gasteiger partial charge on any atom is -0.383 e. The van der Waals surface area contributed by atoms with E-state index in [4.69, 9.17) is 5.73 Å². The van der Waals surface area contributed by atoms with Crippen molar-refractivity contribution in [3.8, 4) is 0 Å². The zero-order valence-corrected chi connectivity index (χ0v) is 10.8. The van der Waals surface area contributed by atoms with E-state index in [1.54, 1.807) is 18.5 Å². The van der Waals surface area contributed by atoms with E-state index in [-0.39, 0.29) is 11.9 Å². The molecule has 100 valence electrons. The summed E-state index contributed by atoms with van der Waals surface area (Å²) < 4.78 is 13.8. The summed E-state index contributed by atoms with van der Waals surface area (Å²) >= 11 is 0. The molecule has 0 saturated carbocycles. The molecule has 0 aliphatic rings. The predicted octanol–water partition coefficient (Wildman–Crippen LogP) is 2.09. The van der Waals surface area contributed by atoms with E-state index in [0.29, 0.717) is 17.9 Å². The molecular formula is C14H17FN4. The lowest BCUT2D eigenvalue weighted by molar-refractivity contribution is 0.494. The molecule has 0 bridgehead atoms. The summed E-state index contributed by atoms with van der Waals surface area (Å²) in [6, 6.07) is 6.51. The molecule has 2 heterocycles. The summed E-state index contributed by atoms with van der Waals surface area (Å²) in [7, 11) is 0. The van der Waals surface area contributed by atoms with Gasteiger partial charge in [-0.05, 0) is 36.7 Å². The number of pyridine rings is 2. The van der Waals surface area contributed by atoms with Crippen molar-refractivity contribution in [2.24, 2.45) is 0 Å². The Kier molecular flexibility index (Phi) is 4.41. The third-order valence-corrected chi connectivity index (χ3v) is 2.92. The molecule has 0 saturated heterocycles. The Balaban J connectivity index is 2.27. The zero-order chi connectivity index (χ0) is 13.7. The summed E-state index contributed by atoms with van der Waals surface area (Å²) in [4.78, 5) is 8.17. The van der Waals surface area contributed by atoms with Crippen molar-refractivity contribution in [1.82, 2.24) is 15.3 Å². The maximum absolute atomic E-state index is 13.8. The fraction of sp³-hybridized carbons (Fsp3) is 0.286. The van der Waals surface area contributed by atoms with Crippen LogP contribution in [0.1, 0.15) is 24.2 Å². The van der Waals surface area contributed by atoms with Crippen molar-refractivity contribution in [2.75, 3.05) is 12.3 Å². The second kappa shape index (κ2) is 6.24. The van der Waals surface area contributed by atoms with Crippen LogP contribution in [0.2, 0.25) is 0 Å². The molecule has 2 rings (SSSR count). The molecule has 0 fully saturated rings. The highest BCUT2D eigenvalue weighted by Gasteiger charge is 2.17. The van der Waals surface area contributed by atoms with Gasteiger partial charge in [-0.15, -0.1) is 0 Å². The van der Waals surface area contributed by atoms with Gasteiger partial charge in [0.2, 0.25) is 0 Å². The minimum absolute atomic E-state index is 0.210. The van der Waals surface area contributed by atoms with Gasteiger partial charge < -0.3 is 11.1 Å². The van der Waals surface area contributed by atoms with Crippen LogP contribution >= 0.6 is 0 Å². The van der Waals surface area contributed by atoms with E-state index in [1.165, 1.54) is 6.07 Å². The molecule has 4 nitrogen and oxygen atoms in total. The van der Waals surface area contributed by atoms with Gasteiger partial charge >= 0.3 is 0 Å². The van der Waals surface area contributed by atoms with Gasteiger partial charge in [-0.2, -0.15) is 0 Å². The van der Waals surface area contributed by atoms with Crippen LogP contribution < -0.4 is 11.1 Å². The highest BCUT2D eigenvalue weighted by molar-refractivity contribution is 5.39. The number of halogens is 1. The van der Waals surface area contributed by atoms with E-state index >= 15 is 0 Å². The summed E-state index contributed by atoms with van der Waals surface area (Å²) in [5, 5.41) is 3.23. The average Bonchev–Trinajstić information content (AvgIpc) is 2.41. The van der Waals surface area contributed by atoms with Gasteiger partial charge in [0.05, 0.1) is 11.7 Å². The molecule has 0 radical (unpaired) electrons. The fourth-order valence-corrected chi connectivity index (χ4v) is 2.01. The topological polar surface area (TPSA) is 63.8 Å². The Bertz CT molecular complexity index is 544. The maximum Gasteiger partial charge on any atom is 0.146 e. The summed E-state index contributed by atoms with van der Waals surface area (Å²) in [6.07, 6.45) is 3.79. The molecule has 5 heteroatoms. The second-order valence-electron chi connectivity index (χ2n) is 4.23. The number of anilines is 1. The number of rotatable bonds is 5. The van der Waals surface area contributed by atoms with Crippen molar-refractivity contribution in [2.45, 2.75) is 19.4 Å². The lowest BCUT2D eigenvalue weighted by atomic mass is 10.0. The SMILES string of the molecule is CCNC(Cc1cccnc1N)c1ncccc1F. The van der Waals surface area contributed by atoms with Crippen LogP contribution in [-0.4, -0.2) is 16.5 Å². The third-order valence-electron chi connectivity index (χ3n) is 2.92.